The highest BCUT2D eigenvalue weighted by molar-refractivity contribution is 5.76. The highest BCUT2D eigenvalue weighted by Gasteiger charge is 2.33. The lowest BCUT2D eigenvalue weighted by atomic mass is 10.1. The lowest BCUT2D eigenvalue weighted by molar-refractivity contribution is -0.133. The number of aliphatic hydroxyl groups is 1. The standard InChI is InChI=1S/C17H28N4O3/c1-12(2)17-18-15(24-19-17)6-7-16(23)21-10-8-20(9-11-21)13-4-3-5-14(13)22/h12-14,22H,3-11H2,1-2H3/t13-,14-/m0/s1. The van der Waals surface area contributed by atoms with Gasteiger partial charge in [0.15, 0.2) is 5.82 Å². The Bertz CT molecular complexity index is 552. The van der Waals surface area contributed by atoms with Crippen LogP contribution in [0.4, 0.5) is 0 Å². The van der Waals surface area contributed by atoms with E-state index in [1.54, 1.807) is 0 Å². The van der Waals surface area contributed by atoms with Gasteiger partial charge in [-0.2, -0.15) is 4.98 Å². The third-order valence-electron chi connectivity index (χ3n) is 5.13. The normalized spacial score (nSPS) is 25.6. The molecule has 0 radical (unpaired) electrons. The summed E-state index contributed by atoms with van der Waals surface area (Å²) in [6.45, 7) is 7.21. The molecule has 1 aliphatic heterocycles. The van der Waals surface area contributed by atoms with Gasteiger partial charge in [-0.05, 0) is 19.3 Å². The van der Waals surface area contributed by atoms with Gasteiger partial charge in [0.05, 0.1) is 6.10 Å². The monoisotopic (exact) mass is 336 g/mol. The van der Waals surface area contributed by atoms with Crippen molar-refractivity contribution in [2.24, 2.45) is 0 Å². The van der Waals surface area contributed by atoms with Crippen molar-refractivity contribution in [1.82, 2.24) is 19.9 Å². The van der Waals surface area contributed by atoms with Gasteiger partial charge in [-0.15, -0.1) is 0 Å². The van der Waals surface area contributed by atoms with Crippen molar-refractivity contribution in [3.05, 3.63) is 11.7 Å². The van der Waals surface area contributed by atoms with Crippen LogP contribution in [0.5, 0.6) is 0 Å². The van der Waals surface area contributed by atoms with Crippen LogP contribution in [0.25, 0.3) is 0 Å². The number of hydrogen-bond acceptors (Lipinski definition) is 6. The van der Waals surface area contributed by atoms with Crippen molar-refractivity contribution in [2.75, 3.05) is 26.2 Å². The average molecular weight is 336 g/mol. The summed E-state index contributed by atoms with van der Waals surface area (Å²) < 4.78 is 5.19. The molecule has 134 valence electrons. The minimum absolute atomic E-state index is 0.144. The number of rotatable bonds is 5. The zero-order valence-electron chi connectivity index (χ0n) is 14.6. The molecule has 0 bridgehead atoms. The maximum Gasteiger partial charge on any atom is 0.227 e. The van der Waals surface area contributed by atoms with Crippen molar-refractivity contribution in [3.63, 3.8) is 0 Å². The van der Waals surface area contributed by atoms with Gasteiger partial charge in [0.1, 0.15) is 0 Å². The molecule has 7 heteroatoms. The summed E-state index contributed by atoms with van der Waals surface area (Å²) in [6.07, 6.45) is 3.80. The van der Waals surface area contributed by atoms with Crippen LogP contribution < -0.4 is 0 Å². The third-order valence-corrected chi connectivity index (χ3v) is 5.13. The van der Waals surface area contributed by atoms with E-state index in [-0.39, 0.29) is 24.0 Å². The Balaban J connectivity index is 1.43. The first-order valence-electron chi connectivity index (χ1n) is 9.07. The topological polar surface area (TPSA) is 82.7 Å². The van der Waals surface area contributed by atoms with Gasteiger partial charge in [-0.3, -0.25) is 9.69 Å². The molecule has 7 nitrogen and oxygen atoms in total. The fourth-order valence-electron chi connectivity index (χ4n) is 3.63. The van der Waals surface area contributed by atoms with Crippen LogP contribution in [0, 0.1) is 0 Å². The fraction of sp³-hybridized carbons (Fsp3) is 0.824. The van der Waals surface area contributed by atoms with Gasteiger partial charge in [0.2, 0.25) is 11.8 Å². The number of carbonyl (C=O) groups excluding carboxylic acids is 1. The van der Waals surface area contributed by atoms with E-state index in [1.165, 1.54) is 0 Å². The Morgan fingerprint density at radius 2 is 2.04 bits per heavy atom. The van der Waals surface area contributed by atoms with Crippen LogP contribution in [-0.4, -0.2) is 69.3 Å². The number of aromatic nitrogens is 2. The SMILES string of the molecule is CC(C)c1noc(CCC(=O)N2CCN([C@H]3CCC[C@@H]3O)CC2)n1. The molecular weight excluding hydrogens is 308 g/mol. The number of aliphatic hydroxyl groups excluding tert-OH is 1. The molecule has 24 heavy (non-hydrogen) atoms. The van der Waals surface area contributed by atoms with Crippen molar-refractivity contribution in [2.45, 2.75) is 64.0 Å². The average Bonchev–Trinajstić information content (AvgIpc) is 3.22. The predicted octanol–water partition coefficient (Wildman–Crippen LogP) is 1.18. The van der Waals surface area contributed by atoms with E-state index in [2.05, 4.69) is 15.0 Å². The molecule has 0 aromatic carbocycles. The van der Waals surface area contributed by atoms with E-state index in [9.17, 15) is 9.90 Å². The molecule has 2 atom stereocenters. The number of piperazine rings is 1. The van der Waals surface area contributed by atoms with Gasteiger partial charge in [0, 0.05) is 51.0 Å². The van der Waals surface area contributed by atoms with E-state index in [1.807, 2.05) is 18.7 Å². The molecule has 0 unspecified atom stereocenters. The van der Waals surface area contributed by atoms with Crippen LogP contribution in [0.2, 0.25) is 0 Å². The molecule has 2 aliphatic rings. The highest BCUT2D eigenvalue weighted by atomic mass is 16.5. The first kappa shape index (κ1) is 17.4. The van der Waals surface area contributed by atoms with Crippen LogP contribution in [0.15, 0.2) is 4.52 Å². The zero-order valence-corrected chi connectivity index (χ0v) is 14.6. The molecule has 2 heterocycles. The third kappa shape index (κ3) is 3.95. The lowest BCUT2D eigenvalue weighted by Gasteiger charge is -2.39. The van der Waals surface area contributed by atoms with Crippen molar-refractivity contribution >= 4 is 5.91 Å². The Hall–Kier alpha value is -1.47. The first-order valence-corrected chi connectivity index (χ1v) is 9.07. The summed E-state index contributed by atoms with van der Waals surface area (Å²) in [7, 11) is 0. The lowest BCUT2D eigenvalue weighted by Crippen LogP contribution is -2.53. The molecule has 1 saturated carbocycles. The Labute approximate surface area is 143 Å². The van der Waals surface area contributed by atoms with Crippen LogP contribution in [-0.2, 0) is 11.2 Å². The largest absolute Gasteiger partial charge is 0.391 e. The first-order chi connectivity index (χ1) is 11.5. The highest BCUT2D eigenvalue weighted by Crippen LogP contribution is 2.25. The van der Waals surface area contributed by atoms with E-state index < -0.39 is 0 Å². The van der Waals surface area contributed by atoms with Crippen LogP contribution in [0.1, 0.15) is 57.2 Å². The Kier molecular flexibility index (Phi) is 5.50. The molecule has 1 amide bonds. The summed E-state index contributed by atoms with van der Waals surface area (Å²) in [6, 6.07) is 0.287. The summed E-state index contributed by atoms with van der Waals surface area (Å²) in [4.78, 5) is 20.9. The number of nitrogens with zero attached hydrogens (tertiary/aromatic N) is 4. The van der Waals surface area contributed by atoms with E-state index >= 15 is 0 Å². The van der Waals surface area contributed by atoms with Gasteiger partial charge in [-0.25, -0.2) is 0 Å². The molecular formula is C17H28N4O3. The van der Waals surface area contributed by atoms with Crippen LogP contribution >= 0.6 is 0 Å². The summed E-state index contributed by atoms with van der Waals surface area (Å²) in [5.41, 5.74) is 0. The number of aryl methyl sites for hydroxylation is 1. The zero-order chi connectivity index (χ0) is 17.1. The molecule has 1 aromatic rings. The van der Waals surface area contributed by atoms with E-state index in [4.69, 9.17) is 4.52 Å². The number of hydrogen-bond donors (Lipinski definition) is 1. The smallest absolute Gasteiger partial charge is 0.227 e. The molecule has 0 spiro atoms. The van der Waals surface area contributed by atoms with Crippen molar-refractivity contribution in [1.29, 1.82) is 0 Å². The summed E-state index contributed by atoms with van der Waals surface area (Å²) >= 11 is 0. The molecule has 1 N–H and O–H groups in total. The fourth-order valence-corrected chi connectivity index (χ4v) is 3.63. The molecule has 1 aliphatic carbocycles. The second-order valence-electron chi connectivity index (χ2n) is 7.18. The van der Waals surface area contributed by atoms with Gasteiger partial charge < -0.3 is 14.5 Å². The van der Waals surface area contributed by atoms with Crippen LogP contribution in [0.3, 0.4) is 0 Å². The summed E-state index contributed by atoms with van der Waals surface area (Å²) in [5.74, 6) is 1.61. The second-order valence-corrected chi connectivity index (χ2v) is 7.18. The minimum Gasteiger partial charge on any atom is -0.391 e. The van der Waals surface area contributed by atoms with Crippen molar-refractivity contribution < 1.29 is 14.4 Å². The predicted molar refractivity (Wildman–Crippen MR) is 88.5 cm³/mol. The Morgan fingerprint density at radius 1 is 1.29 bits per heavy atom. The van der Waals surface area contributed by atoms with Crippen molar-refractivity contribution in [3.8, 4) is 0 Å². The second kappa shape index (κ2) is 7.61. The molecule has 3 rings (SSSR count). The van der Waals surface area contributed by atoms with Gasteiger partial charge >= 0.3 is 0 Å². The molecule has 1 saturated heterocycles. The Morgan fingerprint density at radius 3 is 2.62 bits per heavy atom. The van der Waals surface area contributed by atoms with Gasteiger partial charge in [0.25, 0.3) is 0 Å². The quantitative estimate of drug-likeness (QED) is 0.869. The maximum absolute atomic E-state index is 12.4. The van der Waals surface area contributed by atoms with E-state index in [0.717, 1.165) is 45.4 Å². The molecule has 2 fully saturated rings. The van der Waals surface area contributed by atoms with E-state index in [0.29, 0.717) is 24.6 Å². The minimum atomic E-state index is -0.195. The maximum atomic E-state index is 12.4. The molecule has 1 aromatic heterocycles. The number of carbonyl (C=O) groups is 1. The summed E-state index contributed by atoms with van der Waals surface area (Å²) in [5, 5.41) is 13.9. The van der Waals surface area contributed by atoms with Gasteiger partial charge in [-0.1, -0.05) is 19.0 Å². The number of amides is 1.